The standard InChI is InChI=1S/C19H22ClN3O2S2/c1-2-15-3-7-17(8-4-15)21-19(26)22-11-13-23(14-12-22)27(24,25)18-9-5-16(20)6-10-18/h3-10H,2,11-14H2,1H3,(H,21,26). The molecular weight excluding hydrogens is 402 g/mol. The second-order valence-corrected chi connectivity index (χ2v) is 9.09. The fourth-order valence-corrected chi connectivity index (χ4v) is 4.76. The number of hydrogen-bond donors (Lipinski definition) is 1. The molecule has 0 saturated carbocycles. The minimum Gasteiger partial charge on any atom is -0.346 e. The van der Waals surface area contributed by atoms with Gasteiger partial charge in [0.25, 0.3) is 0 Å². The van der Waals surface area contributed by atoms with Gasteiger partial charge in [0.2, 0.25) is 10.0 Å². The number of aryl methyl sites for hydroxylation is 1. The summed E-state index contributed by atoms with van der Waals surface area (Å²) in [7, 11) is -3.51. The number of rotatable bonds is 4. The van der Waals surface area contributed by atoms with Crippen LogP contribution in [-0.2, 0) is 16.4 Å². The first-order valence-corrected chi connectivity index (χ1v) is 11.0. The predicted molar refractivity (Wildman–Crippen MR) is 114 cm³/mol. The van der Waals surface area contributed by atoms with E-state index in [9.17, 15) is 8.42 Å². The summed E-state index contributed by atoms with van der Waals surface area (Å²) in [5.41, 5.74) is 2.21. The van der Waals surface area contributed by atoms with Crippen LogP contribution in [0.25, 0.3) is 0 Å². The maximum Gasteiger partial charge on any atom is 0.243 e. The van der Waals surface area contributed by atoms with E-state index in [4.69, 9.17) is 23.8 Å². The third-order valence-corrected chi connectivity index (χ3v) is 7.12. The van der Waals surface area contributed by atoms with Gasteiger partial charge in [-0.1, -0.05) is 30.7 Å². The molecular formula is C19H22ClN3O2S2. The summed E-state index contributed by atoms with van der Waals surface area (Å²) in [4.78, 5) is 2.26. The molecule has 1 aliphatic heterocycles. The van der Waals surface area contributed by atoms with E-state index < -0.39 is 10.0 Å². The van der Waals surface area contributed by atoms with Gasteiger partial charge >= 0.3 is 0 Å². The molecule has 2 aromatic carbocycles. The van der Waals surface area contributed by atoms with Gasteiger partial charge in [-0.3, -0.25) is 0 Å². The summed E-state index contributed by atoms with van der Waals surface area (Å²) in [6, 6.07) is 14.4. The van der Waals surface area contributed by atoms with Crippen LogP contribution >= 0.6 is 23.8 Å². The largest absolute Gasteiger partial charge is 0.346 e. The molecule has 3 rings (SSSR count). The number of hydrogen-bond acceptors (Lipinski definition) is 3. The highest BCUT2D eigenvalue weighted by atomic mass is 35.5. The Balaban J connectivity index is 1.59. The van der Waals surface area contributed by atoms with Crippen molar-refractivity contribution in [3.05, 3.63) is 59.1 Å². The Labute approximate surface area is 171 Å². The Morgan fingerprint density at radius 1 is 1.04 bits per heavy atom. The highest BCUT2D eigenvalue weighted by Gasteiger charge is 2.29. The van der Waals surface area contributed by atoms with Gasteiger partial charge in [0.1, 0.15) is 0 Å². The van der Waals surface area contributed by atoms with Crippen molar-refractivity contribution in [1.29, 1.82) is 0 Å². The first-order valence-electron chi connectivity index (χ1n) is 8.81. The predicted octanol–water partition coefficient (Wildman–Crippen LogP) is 3.61. The number of nitrogens with zero attached hydrogens (tertiary/aromatic N) is 2. The lowest BCUT2D eigenvalue weighted by atomic mass is 10.1. The molecule has 0 aromatic heterocycles. The normalized spacial score (nSPS) is 15.6. The highest BCUT2D eigenvalue weighted by Crippen LogP contribution is 2.20. The zero-order chi connectivity index (χ0) is 19.4. The minimum absolute atomic E-state index is 0.261. The van der Waals surface area contributed by atoms with E-state index in [0.717, 1.165) is 12.1 Å². The number of sulfonamides is 1. The number of anilines is 1. The van der Waals surface area contributed by atoms with Gasteiger partial charge in [-0.05, 0) is 60.6 Å². The van der Waals surface area contributed by atoms with Crippen LogP contribution in [0, 0.1) is 0 Å². The van der Waals surface area contributed by atoms with Crippen molar-refractivity contribution in [2.24, 2.45) is 0 Å². The quantitative estimate of drug-likeness (QED) is 0.761. The molecule has 1 heterocycles. The second kappa shape index (κ2) is 8.56. The summed E-state index contributed by atoms with van der Waals surface area (Å²) in [5.74, 6) is 0. The maximum atomic E-state index is 12.7. The van der Waals surface area contributed by atoms with Crippen LogP contribution < -0.4 is 5.32 Å². The summed E-state index contributed by atoms with van der Waals surface area (Å²) in [6.07, 6.45) is 0.995. The Morgan fingerprint density at radius 3 is 2.19 bits per heavy atom. The van der Waals surface area contributed by atoms with Crippen LogP contribution in [0.2, 0.25) is 5.02 Å². The smallest absolute Gasteiger partial charge is 0.243 e. The van der Waals surface area contributed by atoms with Gasteiger partial charge in [-0.15, -0.1) is 0 Å². The molecule has 0 spiro atoms. The van der Waals surface area contributed by atoms with Crippen LogP contribution in [0.5, 0.6) is 0 Å². The van der Waals surface area contributed by atoms with Gasteiger partial charge < -0.3 is 10.2 Å². The van der Waals surface area contributed by atoms with Crippen LogP contribution in [-0.4, -0.2) is 48.9 Å². The van der Waals surface area contributed by atoms with Crippen LogP contribution in [0.3, 0.4) is 0 Å². The topological polar surface area (TPSA) is 52.6 Å². The van der Waals surface area contributed by atoms with Crippen molar-refractivity contribution in [2.45, 2.75) is 18.2 Å². The molecule has 144 valence electrons. The zero-order valence-corrected chi connectivity index (χ0v) is 17.4. The molecule has 0 unspecified atom stereocenters. The first-order chi connectivity index (χ1) is 12.9. The number of halogens is 1. The zero-order valence-electron chi connectivity index (χ0n) is 15.1. The Morgan fingerprint density at radius 2 is 1.63 bits per heavy atom. The first kappa shape index (κ1) is 20.1. The molecule has 1 saturated heterocycles. The fourth-order valence-electron chi connectivity index (χ4n) is 2.91. The van der Waals surface area contributed by atoms with E-state index in [0.29, 0.717) is 36.3 Å². The van der Waals surface area contributed by atoms with Gasteiger partial charge in [0, 0.05) is 36.9 Å². The third-order valence-electron chi connectivity index (χ3n) is 4.59. The van der Waals surface area contributed by atoms with Crippen molar-refractivity contribution in [1.82, 2.24) is 9.21 Å². The molecule has 0 bridgehead atoms. The molecule has 1 aliphatic rings. The van der Waals surface area contributed by atoms with Crippen LogP contribution in [0.15, 0.2) is 53.4 Å². The van der Waals surface area contributed by atoms with Gasteiger partial charge in [-0.2, -0.15) is 4.31 Å². The molecule has 8 heteroatoms. The minimum atomic E-state index is -3.51. The molecule has 1 N–H and O–H groups in total. The summed E-state index contributed by atoms with van der Waals surface area (Å²) < 4.78 is 27.0. The average Bonchev–Trinajstić information content (AvgIpc) is 2.69. The average molecular weight is 424 g/mol. The van der Waals surface area contributed by atoms with Crippen molar-refractivity contribution >= 4 is 44.6 Å². The van der Waals surface area contributed by atoms with E-state index in [1.54, 1.807) is 12.1 Å². The monoisotopic (exact) mass is 423 g/mol. The molecule has 0 amide bonds. The number of nitrogens with one attached hydrogen (secondary N) is 1. The molecule has 2 aromatic rings. The van der Waals surface area contributed by atoms with E-state index in [1.165, 1.54) is 22.0 Å². The van der Waals surface area contributed by atoms with Gasteiger partial charge in [-0.25, -0.2) is 8.42 Å². The lowest BCUT2D eigenvalue weighted by molar-refractivity contribution is 0.268. The van der Waals surface area contributed by atoms with Crippen molar-refractivity contribution in [3.8, 4) is 0 Å². The Bertz CT molecular complexity index is 892. The lowest BCUT2D eigenvalue weighted by Gasteiger charge is -2.35. The van der Waals surface area contributed by atoms with E-state index in [-0.39, 0.29) is 4.90 Å². The number of piperazine rings is 1. The molecule has 27 heavy (non-hydrogen) atoms. The van der Waals surface area contributed by atoms with Crippen LogP contribution in [0.4, 0.5) is 5.69 Å². The summed E-state index contributed by atoms with van der Waals surface area (Å²) >= 11 is 11.3. The summed E-state index contributed by atoms with van der Waals surface area (Å²) in [5, 5.41) is 4.36. The van der Waals surface area contributed by atoms with Gasteiger partial charge in [0.15, 0.2) is 5.11 Å². The molecule has 0 atom stereocenters. The van der Waals surface area contributed by atoms with Crippen molar-refractivity contribution in [3.63, 3.8) is 0 Å². The van der Waals surface area contributed by atoms with Crippen LogP contribution in [0.1, 0.15) is 12.5 Å². The number of benzene rings is 2. The van der Waals surface area contributed by atoms with E-state index >= 15 is 0 Å². The molecule has 0 radical (unpaired) electrons. The number of thiocarbonyl (C=S) groups is 1. The Hall–Kier alpha value is -1.67. The maximum absolute atomic E-state index is 12.7. The fraction of sp³-hybridized carbons (Fsp3) is 0.316. The van der Waals surface area contributed by atoms with E-state index in [1.807, 2.05) is 17.0 Å². The van der Waals surface area contributed by atoms with E-state index in [2.05, 4.69) is 24.4 Å². The SMILES string of the molecule is CCc1ccc(NC(=S)N2CCN(S(=O)(=O)c3ccc(Cl)cc3)CC2)cc1. The van der Waals surface area contributed by atoms with Crippen molar-refractivity contribution in [2.75, 3.05) is 31.5 Å². The molecule has 1 fully saturated rings. The van der Waals surface area contributed by atoms with Gasteiger partial charge in [0.05, 0.1) is 4.90 Å². The third kappa shape index (κ3) is 4.79. The highest BCUT2D eigenvalue weighted by molar-refractivity contribution is 7.89. The summed E-state index contributed by atoms with van der Waals surface area (Å²) in [6.45, 7) is 3.99. The Kier molecular flexibility index (Phi) is 6.37. The van der Waals surface area contributed by atoms with Crippen molar-refractivity contribution < 1.29 is 8.42 Å². The lowest BCUT2D eigenvalue weighted by Crippen LogP contribution is -2.51. The molecule has 5 nitrogen and oxygen atoms in total. The molecule has 0 aliphatic carbocycles. The second-order valence-electron chi connectivity index (χ2n) is 6.33.